The number of carbonyl (C=O) groups is 1. The summed E-state index contributed by atoms with van der Waals surface area (Å²) >= 11 is 0. The molecule has 3 N–H and O–H groups in total. The number of rotatable bonds is 3. The number of hydrogen-bond acceptors (Lipinski definition) is 4. The van der Waals surface area contributed by atoms with Gasteiger partial charge < -0.3 is 10.3 Å². The maximum atomic E-state index is 11.8. The van der Waals surface area contributed by atoms with E-state index in [4.69, 9.17) is 5.84 Å². The molecule has 0 saturated heterocycles. The number of amides is 1. The van der Waals surface area contributed by atoms with Crippen LogP contribution in [0.2, 0.25) is 0 Å². The third kappa shape index (κ3) is 2.66. The molecule has 0 saturated carbocycles. The van der Waals surface area contributed by atoms with Gasteiger partial charge in [-0.2, -0.15) is 0 Å². The van der Waals surface area contributed by atoms with E-state index in [1.165, 1.54) is 6.20 Å². The largest absolute Gasteiger partial charge is 0.338 e. The van der Waals surface area contributed by atoms with Crippen LogP contribution in [0.1, 0.15) is 24.3 Å². The van der Waals surface area contributed by atoms with Gasteiger partial charge in [0.15, 0.2) is 0 Å². The van der Waals surface area contributed by atoms with Gasteiger partial charge in [0.2, 0.25) is 0 Å². The van der Waals surface area contributed by atoms with Gasteiger partial charge in [-0.25, -0.2) is 4.98 Å². The van der Waals surface area contributed by atoms with Gasteiger partial charge in [-0.1, -0.05) is 0 Å². The van der Waals surface area contributed by atoms with Gasteiger partial charge in [0.1, 0.15) is 5.69 Å². The normalized spacial score (nSPS) is 10.2. The predicted molar refractivity (Wildman–Crippen MR) is 59.3 cm³/mol. The van der Waals surface area contributed by atoms with Crippen LogP contribution in [-0.4, -0.2) is 28.9 Å². The van der Waals surface area contributed by atoms with Gasteiger partial charge in [-0.05, 0) is 26.0 Å². The molecular formula is C10H16N4O. The number of nitrogens with zero attached hydrogens (tertiary/aromatic N) is 2. The molecule has 0 spiro atoms. The smallest absolute Gasteiger partial charge is 0.272 e. The van der Waals surface area contributed by atoms with Crippen LogP contribution < -0.4 is 11.3 Å². The van der Waals surface area contributed by atoms with E-state index >= 15 is 0 Å². The fraction of sp³-hybridized carbons (Fsp3) is 0.400. The number of nitrogen functional groups attached to an aromatic ring is 1. The van der Waals surface area contributed by atoms with Gasteiger partial charge in [0.25, 0.3) is 5.91 Å². The first-order chi connectivity index (χ1) is 7.06. The quantitative estimate of drug-likeness (QED) is 0.570. The first kappa shape index (κ1) is 11.5. The summed E-state index contributed by atoms with van der Waals surface area (Å²) in [6.07, 6.45) is 1.53. The average molecular weight is 208 g/mol. The first-order valence-electron chi connectivity index (χ1n) is 4.76. The van der Waals surface area contributed by atoms with Crippen LogP contribution >= 0.6 is 0 Å². The number of anilines is 1. The Balaban J connectivity index is 2.83. The fourth-order valence-corrected chi connectivity index (χ4v) is 1.02. The molecule has 0 aliphatic heterocycles. The zero-order valence-corrected chi connectivity index (χ0v) is 9.19. The Kier molecular flexibility index (Phi) is 3.62. The van der Waals surface area contributed by atoms with Crippen molar-refractivity contribution in [1.29, 1.82) is 0 Å². The van der Waals surface area contributed by atoms with E-state index in [9.17, 15) is 4.79 Å². The summed E-state index contributed by atoms with van der Waals surface area (Å²) in [5.74, 6) is 5.11. The van der Waals surface area contributed by atoms with Crippen molar-refractivity contribution in [2.45, 2.75) is 19.9 Å². The lowest BCUT2D eigenvalue weighted by Crippen LogP contribution is -2.33. The van der Waals surface area contributed by atoms with E-state index in [-0.39, 0.29) is 11.9 Å². The molecule has 5 nitrogen and oxygen atoms in total. The molecule has 1 aromatic rings. The van der Waals surface area contributed by atoms with Gasteiger partial charge in [0, 0.05) is 13.1 Å². The first-order valence-corrected chi connectivity index (χ1v) is 4.76. The number of carbonyl (C=O) groups excluding carboxylic acids is 1. The molecular weight excluding hydrogens is 192 g/mol. The summed E-state index contributed by atoms with van der Waals surface area (Å²) in [6.45, 7) is 3.90. The summed E-state index contributed by atoms with van der Waals surface area (Å²) < 4.78 is 0. The van der Waals surface area contributed by atoms with Crippen molar-refractivity contribution in [3.63, 3.8) is 0 Å². The second-order valence-electron chi connectivity index (χ2n) is 3.59. The third-order valence-corrected chi connectivity index (χ3v) is 2.24. The minimum absolute atomic E-state index is 0.0893. The summed E-state index contributed by atoms with van der Waals surface area (Å²) in [7, 11) is 1.75. The van der Waals surface area contributed by atoms with E-state index in [0.717, 1.165) is 0 Å². The SMILES string of the molecule is CC(C)N(C)C(=O)c1ccc(NN)cn1. The lowest BCUT2D eigenvalue weighted by molar-refractivity contribution is 0.0749. The summed E-state index contributed by atoms with van der Waals surface area (Å²) in [5.41, 5.74) is 3.56. The van der Waals surface area contributed by atoms with E-state index in [1.54, 1.807) is 24.1 Å². The second kappa shape index (κ2) is 4.75. The van der Waals surface area contributed by atoms with E-state index in [2.05, 4.69) is 10.4 Å². The van der Waals surface area contributed by atoms with Crippen molar-refractivity contribution in [2.75, 3.05) is 12.5 Å². The molecule has 1 heterocycles. The molecule has 5 heteroatoms. The van der Waals surface area contributed by atoms with Gasteiger partial charge >= 0.3 is 0 Å². The van der Waals surface area contributed by atoms with Crippen LogP contribution in [0.3, 0.4) is 0 Å². The number of nitrogens with one attached hydrogen (secondary N) is 1. The standard InChI is InChI=1S/C10H16N4O/c1-7(2)14(3)10(15)9-5-4-8(13-11)6-12-9/h4-7,13H,11H2,1-3H3. The van der Waals surface area contributed by atoms with Gasteiger partial charge in [-0.15, -0.1) is 0 Å². The zero-order chi connectivity index (χ0) is 11.4. The second-order valence-corrected chi connectivity index (χ2v) is 3.59. The lowest BCUT2D eigenvalue weighted by Gasteiger charge is -2.20. The molecule has 0 unspecified atom stereocenters. The highest BCUT2D eigenvalue weighted by molar-refractivity contribution is 5.92. The van der Waals surface area contributed by atoms with E-state index in [0.29, 0.717) is 11.4 Å². The summed E-state index contributed by atoms with van der Waals surface area (Å²) in [4.78, 5) is 17.5. The Hall–Kier alpha value is -1.62. The van der Waals surface area contributed by atoms with Crippen LogP contribution in [-0.2, 0) is 0 Å². The Labute approximate surface area is 89.3 Å². The van der Waals surface area contributed by atoms with Crippen molar-refractivity contribution in [2.24, 2.45) is 5.84 Å². The highest BCUT2D eigenvalue weighted by Gasteiger charge is 2.14. The van der Waals surface area contributed by atoms with E-state index < -0.39 is 0 Å². The van der Waals surface area contributed by atoms with Crippen molar-refractivity contribution >= 4 is 11.6 Å². The molecule has 0 aromatic carbocycles. The molecule has 0 aliphatic carbocycles. The lowest BCUT2D eigenvalue weighted by atomic mass is 10.2. The van der Waals surface area contributed by atoms with Crippen LogP contribution in [0.15, 0.2) is 18.3 Å². The van der Waals surface area contributed by atoms with Gasteiger partial charge in [-0.3, -0.25) is 10.6 Å². The van der Waals surface area contributed by atoms with Crippen LogP contribution in [0.4, 0.5) is 5.69 Å². The molecule has 15 heavy (non-hydrogen) atoms. The van der Waals surface area contributed by atoms with Crippen LogP contribution in [0.5, 0.6) is 0 Å². The molecule has 0 aliphatic rings. The number of pyridine rings is 1. The molecule has 0 atom stereocenters. The number of nitrogens with two attached hydrogens (primary N) is 1. The summed E-state index contributed by atoms with van der Waals surface area (Å²) in [5, 5.41) is 0. The maximum Gasteiger partial charge on any atom is 0.272 e. The van der Waals surface area contributed by atoms with E-state index in [1.807, 2.05) is 13.8 Å². The molecule has 0 bridgehead atoms. The monoisotopic (exact) mass is 208 g/mol. The minimum Gasteiger partial charge on any atom is -0.338 e. The fourth-order valence-electron chi connectivity index (χ4n) is 1.02. The molecule has 1 rings (SSSR count). The highest BCUT2D eigenvalue weighted by Crippen LogP contribution is 2.07. The molecule has 1 amide bonds. The molecule has 82 valence electrons. The Morgan fingerprint density at radius 2 is 2.20 bits per heavy atom. The average Bonchev–Trinajstić information content (AvgIpc) is 2.27. The minimum atomic E-state index is -0.0893. The molecule has 1 aromatic heterocycles. The van der Waals surface area contributed by atoms with Crippen molar-refractivity contribution in [3.8, 4) is 0 Å². The van der Waals surface area contributed by atoms with Crippen LogP contribution in [0.25, 0.3) is 0 Å². The van der Waals surface area contributed by atoms with Gasteiger partial charge in [0.05, 0.1) is 11.9 Å². The Bertz CT molecular complexity index is 334. The maximum absolute atomic E-state index is 11.8. The molecule has 0 fully saturated rings. The van der Waals surface area contributed by atoms with Crippen molar-refractivity contribution in [3.05, 3.63) is 24.0 Å². The summed E-state index contributed by atoms with van der Waals surface area (Å²) in [6, 6.07) is 3.52. The molecule has 0 radical (unpaired) electrons. The van der Waals surface area contributed by atoms with Crippen molar-refractivity contribution < 1.29 is 4.79 Å². The number of hydrazine groups is 1. The Morgan fingerprint density at radius 3 is 2.60 bits per heavy atom. The van der Waals surface area contributed by atoms with Crippen molar-refractivity contribution in [1.82, 2.24) is 9.88 Å². The predicted octanol–water partition coefficient (Wildman–Crippen LogP) is 0.848. The Morgan fingerprint density at radius 1 is 1.53 bits per heavy atom. The zero-order valence-electron chi connectivity index (χ0n) is 9.19. The number of aromatic nitrogens is 1. The number of hydrogen-bond donors (Lipinski definition) is 2. The highest BCUT2D eigenvalue weighted by atomic mass is 16.2. The van der Waals surface area contributed by atoms with Crippen LogP contribution in [0, 0.1) is 0 Å². The topological polar surface area (TPSA) is 71.2 Å². The third-order valence-electron chi connectivity index (χ3n) is 2.24.